The van der Waals surface area contributed by atoms with Crippen LogP contribution >= 0.6 is 0 Å². The van der Waals surface area contributed by atoms with Gasteiger partial charge < -0.3 is 5.32 Å². The molecule has 0 spiro atoms. The molecule has 0 aliphatic carbocycles. The zero-order valence-corrected chi connectivity index (χ0v) is 13.6. The standard InChI is InChI=1S/C17H18N2O3S/c1-3-17(20)18-14-10-12-16(13-11-14)23(21,22)19(4-2)15-8-6-5-7-9-15/h3,5-13H,1,4H2,2H3,(H,18,20). The summed E-state index contributed by atoms with van der Waals surface area (Å²) in [5.74, 6) is -0.347. The van der Waals surface area contributed by atoms with Gasteiger partial charge in [0.15, 0.2) is 0 Å². The van der Waals surface area contributed by atoms with E-state index in [-0.39, 0.29) is 10.8 Å². The predicted molar refractivity (Wildman–Crippen MR) is 91.9 cm³/mol. The minimum atomic E-state index is -3.65. The van der Waals surface area contributed by atoms with Crippen LogP contribution in [-0.2, 0) is 14.8 Å². The summed E-state index contributed by atoms with van der Waals surface area (Å²) in [6.45, 7) is 5.47. The Labute approximate surface area is 136 Å². The Morgan fingerprint density at radius 3 is 2.26 bits per heavy atom. The number of amides is 1. The maximum Gasteiger partial charge on any atom is 0.264 e. The fraction of sp³-hybridized carbons (Fsp3) is 0.118. The molecule has 0 saturated carbocycles. The summed E-state index contributed by atoms with van der Waals surface area (Å²) in [5, 5.41) is 2.58. The van der Waals surface area contributed by atoms with E-state index in [1.807, 2.05) is 6.07 Å². The van der Waals surface area contributed by atoms with E-state index in [1.54, 1.807) is 43.3 Å². The fourth-order valence-corrected chi connectivity index (χ4v) is 3.59. The maximum absolute atomic E-state index is 12.8. The van der Waals surface area contributed by atoms with Crippen molar-refractivity contribution in [1.82, 2.24) is 0 Å². The summed E-state index contributed by atoms with van der Waals surface area (Å²) in [6.07, 6.45) is 1.15. The van der Waals surface area contributed by atoms with Crippen molar-refractivity contribution in [2.45, 2.75) is 11.8 Å². The highest BCUT2D eigenvalue weighted by atomic mass is 32.2. The van der Waals surface area contributed by atoms with Gasteiger partial charge in [0.1, 0.15) is 0 Å². The monoisotopic (exact) mass is 330 g/mol. The molecule has 120 valence electrons. The summed E-state index contributed by atoms with van der Waals surface area (Å²) in [5.41, 5.74) is 1.12. The number of nitrogens with one attached hydrogen (secondary N) is 1. The van der Waals surface area contributed by atoms with Gasteiger partial charge in [0.2, 0.25) is 5.91 Å². The van der Waals surface area contributed by atoms with E-state index in [0.29, 0.717) is 17.9 Å². The molecule has 23 heavy (non-hydrogen) atoms. The molecular weight excluding hydrogens is 312 g/mol. The zero-order chi connectivity index (χ0) is 16.9. The summed E-state index contributed by atoms with van der Waals surface area (Å²) in [7, 11) is -3.65. The molecule has 0 aromatic heterocycles. The van der Waals surface area contributed by atoms with Crippen LogP contribution in [0.2, 0.25) is 0 Å². The van der Waals surface area contributed by atoms with Crippen LogP contribution in [0, 0.1) is 0 Å². The van der Waals surface area contributed by atoms with E-state index in [4.69, 9.17) is 0 Å². The van der Waals surface area contributed by atoms with Crippen molar-refractivity contribution in [3.63, 3.8) is 0 Å². The summed E-state index contributed by atoms with van der Waals surface area (Å²) in [6, 6.07) is 15.0. The predicted octanol–water partition coefficient (Wildman–Crippen LogP) is 3.03. The third-order valence-electron chi connectivity index (χ3n) is 3.23. The number of rotatable bonds is 6. The Hall–Kier alpha value is -2.60. The number of anilines is 2. The van der Waals surface area contributed by atoms with Crippen molar-refractivity contribution in [3.8, 4) is 0 Å². The topological polar surface area (TPSA) is 66.5 Å². The van der Waals surface area contributed by atoms with Crippen LogP contribution in [0.4, 0.5) is 11.4 Å². The number of nitrogens with zero attached hydrogens (tertiary/aromatic N) is 1. The first-order valence-electron chi connectivity index (χ1n) is 7.10. The number of carbonyl (C=O) groups is 1. The fourth-order valence-electron chi connectivity index (χ4n) is 2.12. The zero-order valence-electron chi connectivity index (χ0n) is 12.8. The average molecular weight is 330 g/mol. The van der Waals surface area contributed by atoms with Gasteiger partial charge >= 0.3 is 0 Å². The molecule has 0 aliphatic heterocycles. The SMILES string of the molecule is C=CC(=O)Nc1ccc(S(=O)(=O)N(CC)c2ccccc2)cc1. The molecule has 0 bridgehead atoms. The lowest BCUT2D eigenvalue weighted by Crippen LogP contribution is -2.30. The smallest absolute Gasteiger partial charge is 0.264 e. The molecule has 0 atom stereocenters. The van der Waals surface area contributed by atoms with Gasteiger partial charge in [-0.3, -0.25) is 9.10 Å². The molecular formula is C17H18N2O3S. The molecule has 0 heterocycles. The van der Waals surface area contributed by atoms with Crippen LogP contribution in [-0.4, -0.2) is 20.9 Å². The van der Waals surface area contributed by atoms with Crippen molar-refractivity contribution in [1.29, 1.82) is 0 Å². The van der Waals surface area contributed by atoms with E-state index in [2.05, 4.69) is 11.9 Å². The van der Waals surface area contributed by atoms with Crippen molar-refractivity contribution in [2.24, 2.45) is 0 Å². The van der Waals surface area contributed by atoms with E-state index in [9.17, 15) is 13.2 Å². The minimum Gasteiger partial charge on any atom is -0.323 e. The number of sulfonamides is 1. The van der Waals surface area contributed by atoms with Gasteiger partial charge in [-0.25, -0.2) is 8.42 Å². The molecule has 2 rings (SSSR count). The average Bonchev–Trinajstić information content (AvgIpc) is 2.56. The normalized spacial score (nSPS) is 10.8. The maximum atomic E-state index is 12.8. The largest absolute Gasteiger partial charge is 0.323 e. The number of para-hydroxylation sites is 1. The highest BCUT2D eigenvalue weighted by molar-refractivity contribution is 7.92. The van der Waals surface area contributed by atoms with Crippen LogP contribution in [0.5, 0.6) is 0 Å². The molecule has 0 fully saturated rings. The molecule has 0 unspecified atom stereocenters. The molecule has 1 N–H and O–H groups in total. The molecule has 5 nitrogen and oxygen atoms in total. The van der Waals surface area contributed by atoms with Gasteiger partial charge in [-0.1, -0.05) is 24.8 Å². The quantitative estimate of drug-likeness (QED) is 0.828. The van der Waals surface area contributed by atoms with Crippen LogP contribution in [0.15, 0.2) is 72.1 Å². The van der Waals surface area contributed by atoms with Gasteiger partial charge in [0, 0.05) is 12.2 Å². The summed E-state index contributed by atoms with van der Waals surface area (Å²) in [4.78, 5) is 11.4. The molecule has 0 aliphatic rings. The van der Waals surface area contributed by atoms with Crippen molar-refractivity contribution < 1.29 is 13.2 Å². The Morgan fingerprint density at radius 2 is 1.74 bits per heavy atom. The van der Waals surface area contributed by atoms with Crippen LogP contribution in [0.25, 0.3) is 0 Å². The lowest BCUT2D eigenvalue weighted by molar-refractivity contribution is -0.111. The van der Waals surface area contributed by atoms with E-state index < -0.39 is 10.0 Å². The Morgan fingerprint density at radius 1 is 1.13 bits per heavy atom. The van der Waals surface area contributed by atoms with Crippen molar-refractivity contribution in [2.75, 3.05) is 16.2 Å². The lowest BCUT2D eigenvalue weighted by Gasteiger charge is -2.23. The number of carbonyl (C=O) groups excluding carboxylic acids is 1. The molecule has 1 amide bonds. The first-order chi connectivity index (χ1) is 11.0. The third-order valence-corrected chi connectivity index (χ3v) is 5.14. The molecule has 2 aromatic carbocycles. The van der Waals surface area contributed by atoms with Crippen molar-refractivity contribution >= 4 is 27.3 Å². The second-order valence-corrected chi connectivity index (χ2v) is 6.59. The van der Waals surface area contributed by atoms with Crippen LogP contribution < -0.4 is 9.62 Å². The van der Waals surface area contributed by atoms with Gasteiger partial charge in [-0.2, -0.15) is 0 Å². The third kappa shape index (κ3) is 3.78. The second-order valence-electron chi connectivity index (χ2n) is 4.72. The van der Waals surface area contributed by atoms with E-state index in [0.717, 1.165) is 6.08 Å². The lowest BCUT2D eigenvalue weighted by atomic mass is 10.3. The van der Waals surface area contributed by atoms with Crippen LogP contribution in [0.3, 0.4) is 0 Å². The molecule has 0 saturated heterocycles. The van der Waals surface area contributed by atoms with Gasteiger partial charge in [0.05, 0.1) is 10.6 Å². The van der Waals surface area contributed by atoms with Gasteiger partial charge in [-0.05, 0) is 49.4 Å². The molecule has 6 heteroatoms. The number of benzene rings is 2. The van der Waals surface area contributed by atoms with Crippen LogP contribution in [0.1, 0.15) is 6.92 Å². The minimum absolute atomic E-state index is 0.166. The Kier molecular flexibility index (Phi) is 5.18. The highest BCUT2D eigenvalue weighted by Crippen LogP contribution is 2.24. The Balaban J connectivity index is 2.31. The first kappa shape index (κ1) is 16.8. The highest BCUT2D eigenvalue weighted by Gasteiger charge is 2.23. The Bertz CT molecular complexity index is 784. The first-order valence-corrected chi connectivity index (χ1v) is 8.54. The number of hydrogen-bond acceptors (Lipinski definition) is 3. The molecule has 2 aromatic rings. The second kappa shape index (κ2) is 7.11. The van der Waals surface area contributed by atoms with E-state index in [1.165, 1.54) is 16.4 Å². The summed E-state index contributed by atoms with van der Waals surface area (Å²) < 4.78 is 26.9. The molecule has 0 radical (unpaired) electrons. The summed E-state index contributed by atoms with van der Waals surface area (Å²) >= 11 is 0. The van der Waals surface area contributed by atoms with Crippen molar-refractivity contribution in [3.05, 3.63) is 67.3 Å². The van der Waals surface area contributed by atoms with E-state index >= 15 is 0 Å². The number of hydrogen-bond donors (Lipinski definition) is 1. The van der Waals surface area contributed by atoms with Gasteiger partial charge in [-0.15, -0.1) is 0 Å². The van der Waals surface area contributed by atoms with Gasteiger partial charge in [0.25, 0.3) is 10.0 Å².